The van der Waals surface area contributed by atoms with Gasteiger partial charge < -0.3 is 4.74 Å². The van der Waals surface area contributed by atoms with Crippen LogP contribution in [0.15, 0.2) is 60.7 Å². The normalized spacial score (nSPS) is 19.7. The van der Waals surface area contributed by atoms with E-state index in [1.54, 1.807) is 11.4 Å². The van der Waals surface area contributed by atoms with Crippen molar-refractivity contribution in [1.29, 1.82) is 0 Å². The van der Waals surface area contributed by atoms with Crippen molar-refractivity contribution in [1.82, 2.24) is 4.31 Å². The van der Waals surface area contributed by atoms with Crippen molar-refractivity contribution in [3.05, 3.63) is 71.8 Å². The molecule has 1 saturated heterocycles. The molecule has 3 rings (SSSR count). The minimum Gasteiger partial charge on any atom is -0.368 e. The van der Waals surface area contributed by atoms with E-state index in [1.807, 2.05) is 48.5 Å². The lowest BCUT2D eigenvalue weighted by Gasteiger charge is -2.41. The summed E-state index contributed by atoms with van der Waals surface area (Å²) in [7, 11) is 1.55. The Morgan fingerprint density at radius 2 is 1.74 bits per heavy atom. The first-order valence-electron chi connectivity index (χ1n) is 7.39. The van der Waals surface area contributed by atoms with E-state index in [0.717, 1.165) is 11.3 Å². The van der Waals surface area contributed by atoms with Crippen molar-refractivity contribution >= 4 is 17.9 Å². The molecule has 1 aliphatic rings. The molecule has 1 heterocycles. The highest BCUT2D eigenvalue weighted by Gasteiger charge is 2.47. The van der Waals surface area contributed by atoms with Gasteiger partial charge in [-0.3, -0.25) is 9.10 Å². The molecule has 2 atom stereocenters. The molecule has 1 fully saturated rings. The molecule has 0 radical (unpaired) electrons. The lowest BCUT2D eigenvalue weighted by Crippen LogP contribution is -2.61. The Kier molecular flexibility index (Phi) is 5.02. The first-order chi connectivity index (χ1) is 11.3. The predicted octanol–water partition coefficient (Wildman–Crippen LogP) is 3.11. The quantitative estimate of drug-likeness (QED) is 0.492. The first-order valence-corrected chi connectivity index (χ1v) is 8.33. The van der Waals surface area contributed by atoms with Gasteiger partial charge in [-0.2, -0.15) is 0 Å². The number of benzene rings is 2. The number of ether oxygens (including phenoxy) is 1. The summed E-state index contributed by atoms with van der Waals surface area (Å²) in [4.78, 5) is 12.1. The van der Waals surface area contributed by atoms with Gasteiger partial charge in [0.05, 0.1) is 0 Å². The maximum atomic E-state index is 12.1. The molecular weight excluding hydrogens is 306 g/mol. The number of rotatable bonds is 4. The summed E-state index contributed by atoms with van der Waals surface area (Å²) in [5.41, 5.74) is 2.12. The van der Waals surface area contributed by atoms with Crippen molar-refractivity contribution in [2.75, 3.05) is 7.11 Å². The van der Waals surface area contributed by atoms with E-state index in [1.165, 1.54) is 17.5 Å². The highest BCUT2D eigenvalue weighted by Crippen LogP contribution is 2.32. The Morgan fingerprint density at radius 1 is 1.09 bits per heavy atom. The summed E-state index contributed by atoms with van der Waals surface area (Å²) in [5, 5.41) is 0. The summed E-state index contributed by atoms with van der Waals surface area (Å²) in [6.45, 7) is 0. The van der Waals surface area contributed by atoms with Crippen LogP contribution in [0, 0.1) is 11.8 Å². The second kappa shape index (κ2) is 7.36. The summed E-state index contributed by atoms with van der Waals surface area (Å²) in [5.74, 6) is 7.01. The maximum Gasteiger partial charge on any atom is 0.266 e. The molecule has 0 saturated carbocycles. The average molecular weight is 323 g/mol. The van der Waals surface area contributed by atoms with Gasteiger partial charge in [0.2, 0.25) is 0 Å². The minimum absolute atomic E-state index is 0.0132. The fourth-order valence-electron chi connectivity index (χ4n) is 2.34. The molecule has 2 unspecified atom stereocenters. The van der Waals surface area contributed by atoms with Crippen LogP contribution < -0.4 is 0 Å². The van der Waals surface area contributed by atoms with Crippen molar-refractivity contribution < 1.29 is 9.53 Å². The average Bonchev–Trinajstić information content (AvgIpc) is 2.60. The Labute approximate surface area is 140 Å². The molecule has 3 nitrogen and oxygen atoms in total. The molecule has 2 aromatic carbocycles. The van der Waals surface area contributed by atoms with Gasteiger partial charge in [0.1, 0.15) is 6.04 Å². The summed E-state index contributed by atoms with van der Waals surface area (Å²) < 4.78 is 6.99. The van der Waals surface area contributed by atoms with Gasteiger partial charge in [-0.15, -0.1) is 0 Å². The third-order valence-electron chi connectivity index (χ3n) is 3.61. The molecule has 2 aromatic rings. The third kappa shape index (κ3) is 3.58. The van der Waals surface area contributed by atoms with Gasteiger partial charge in [0.25, 0.3) is 5.91 Å². The SMILES string of the molecule is COC1C(=O)N(SCc2ccccc2)C1C#Cc1ccccc1. The van der Waals surface area contributed by atoms with Gasteiger partial charge >= 0.3 is 0 Å². The van der Waals surface area contributed by atoms with Crippen LogP contribution in [0.25, 0.3) is 0 Å². The van der Waals surface area contributed by atoms with Crippen LogP contribution in [-0.2, 0) is 15.3 Å². The highest BCUT2D eigenvalue weighted by atomic mass is 32.2. The van der Waals surface area contributed by atoms with Gasteiger partial charge in [-0.1, -0.05) is 60.4 Å². The van der Waals surface area contributed by atoms with Crippen LogP contribution in [0.5, 0.6) is 0 Å². The van der Waals surface area contributed by atoms with Crippen LogP contribution in [0.4, 0.5) is 0 Å². The van der Waals surface area contributed by atoms with E-state index in [4.69, 9.17) is 4.74 Å². The molecule has 1 aliphatic heterocycles. The number of carbonyl (C=O) groups excluding carboxylic acids is 1. The highest BCUT2D eigenvalue weighted by molar-refractivity contribution is 7.96. The van der Waals surface area contributed by atoms with Crippen molar-refractivity contribution in [2.45, 2.75) is 17.9 Å². The zero-order valence-electron chi connectivity index (χ0n) is 12.8. The standard InChI is InChI=1S/C19H17NO2S/c1-22-18-17(13-12-15-8-4-2-5-9-15)20(19(18)21)23-14-16-10-6-3-7-11-16/h2-11,17-18H,14H2,1H3. The van der Waals surface area contributed by atoms with E-state index in [-0.39, 0.29) is 11.9 Å². The smallest absolute Gasteiger partial charge is 0.266 e. The Morgan fingerprint density at radius 3 is 2.39 bits per heavy atom. The second-order valence-corrected chi connectivity index (χ2v) is 6.10. The molecule has 0 aromatic heterocycles. The van der Waals surface area contributed by atoms with E-state index in [2.05, 4.69) is 24.0 Å². The van der Waals surface area contributed by atoms with Crippen molar-refractivity contribution in [3.8, 4) is 11.8 Å². The third-order valence-corrected chi connectivity index (χ3v) is 4.75. The summed E-state index contributed by atoms with van der Waals surface area (Å²) >= 11 is 1.49. The lowest BCUT2D eigenvalue weighted by molar-refractivity contribution is -0.153. The number of nitrogens with zero attached hydrogens (tertiary/aromatic N) is 1. The van der Waals surface area contributed by atoms with E-state index in [0.29, 0.717) is 0 Å². The number of methoxy groups -OCH3 is 1. The zero-order chi connectivity index (χ0) is 16.1. The maximum absolute atomic E-state index is 12.1. The van der Waals surface area contributed by atoms with Crippen LogP contribution in [-0.4, -0.2) is 29.5 Å². The Hall–Kier alpha value is -2.22. The molecule has 0 spiro atoms. The van der Waals surface area contributed by atoms with Gasteiger partial charge in [-0.05, 0) is 29.6 Å². The topological polar surface area (TPSA) is 29.5 Å². The van der Waals surface area contributed by atoms with Crippen molar-refractivity contribution in [3.63, 3.8) is 0 Å². The fraction of sp³-hybridized carbons (Fsp3) is 0.211. The molecule has 0 bridgehead atoms. The van der Waals surface area contributed by atoms with Gasteiger partial charge in [-0.25, -0.2) is 0 Å². The molecule has 1 amide bonds. The van der Waals surface area contributed by atoms with E-state index < -0.39 is 6.10 Å². The Bertz CT molecular complexity index is 721. The second-order valence-electron chi connectivity index (χ2n) is 5.16. The molecule has 4 heteroatoms. The van der Waals surface area contributed by atoms with Crippen LogP contribution in [0.3, 0.4) is 0 Å². The van der Waals surface area contributed by atoms with E-state index in [9.17, 15) is 4.79 Å². The molecule has 0 aliphatic carbocycles. The molecular formula is C19H17NO2S. The number of β-lactam (4-membered cyclic amide) rings is 1. The van der Waals surface area contributed by atoms with Crippen LogP contribution in [0.2, 0.25) is 0 Å². The monoisotopic (exact) mass is 323 g/mol. The zero-order valence-corrected chi connectivity index (χ0v) is 13.6. The van der Waals surface area contributed by atoms with Gasteiger partial charge in [0.15, 0.2) is 6.10 Å². The van der Waals surface area contributed by atoms with Crippen LogP contribution in [0.1, 0.15) is 11.1 Å². The number of hydrogen-bond acceptors (Lipinski definition) is 3. The minimum atomic E-state index is -0.463. The summed E-state index contributed by atoms with van der Waals surface area (Å²) in [6.07, 6.45) is -0.463. The fourth-order valence-corrected chi connectivity index (χ4v) is 3.38. The molecule has 0 N–H and O–H groups in total. The Balaban J connectivity index is 1.69. The molecule has 116 valence electrons. The molecule has 23 heavy (non-hydrogen) atoms. The van der Waals surface area contributed by atoms with Gasteiger partial charge in [0, 0.05) is 18.4 Å². The number of carbonyl (C=O) groups is 1. The van der Waals surface area contributed by atoms with E-state index >= 15 is 0 Å². The largest absolute Gasteiger partial charge is 0.368 e. The van der Waals surface area contributed by atoms with Crippen molar-refractivity contribution in [2.24, 2.45) is 0 Å². The number of amides is 1. The first kappa shape index (κ1) is 15.7. The predicted molar refractivity (Wildman–Crippen MR) is 92.5 cm³/mol. The van der Waals surface area contributed by atoms with Crippen LogP contribution >= 0.6 is 11.9 Å². The summed E-state index contributed by atoms with van der Waals surface area (Å²) in [6, 6.07) is 19.6. The number of hydrogen-bond donors (Lipinski definition) is 0. The lowest BCUT2D eigenvalue weighted by atomic mass is 10.0.